The molecule has 2 aromatic heterocycles. The molecule has 11 heteroatoms. The van der Waals surface area contributed by atoms with Crippen LogP contribution in [0.15, 0.2) is 53.1 Å². The Morgan fingerprint density at radius 1 is 1.10 bits per heavy atom. The van der Waals surface area contributed by atoms with Crippen LogP contribution in [0.3, 0.4) is 0 Å². The molecular weight excluding hydrogens is 407 g/mol. The molecule has 0 spiro atoms. The minimum atomic E-state index is -4.62. The second kappa shape index (κ2) is 8.64. The van der Waals surface area contributed by atoms with Crippen molar-refractivity contribution in [2.24, 2.45) is 0 Å². The van der Waals surface area contributed by atoms with Gasteiger partial charge >= 0.3 is 18.2 Å². The highest BCUT2D eigenvalue weighted by Gasteiger charge is 2.28. The molecule has 1 aromatic carbocycles. The fourth-order valence-corrected chi connectivity index (χ4v) is 2.49. The van der Waals surface area contributed by atoms with Crippen LogP contribution in [-0.2, 0) is 9.53 Å². The zero-order chi connectivity index (χ0) is 21.7. The maximum atomic E-state index is 12.5. The number of urea groups is 1. The Morgan fingerprint density at radius 2 is 1.87 bits per heavy atom. The number of fused-ring (bicyclic) bond motifs is 1. The number of esters is 1. The first-order valence-electron chi connectivity index (χ1n) is 8.48. The summed E-state index contributed by atoms with van der Waals surface area (Å²) in [6, 6.07) is 10.1. The summed E-state index contributed by atoms with van der Waals surface area (Å²) in [4.78, 5) is 39.9. The first-order valence-corrected chi connectivity index (χ1v) is 8.48. The summed E-state index contributed by atoms with van der Waals surface area (Å²) in [5, 5.41) is 3.56. The number of furan rings is 1. The highest BCUT2D eigenvalue weighted by molar-refractivity contribution is 6.05. The normalized spacial score (nSPS) is 11.2. The lowest BCUT2D eigenvalue weighted by atomic mass is 10.1. The highest BCUT2D eigenvalue weighted by atomic mass is 19.4. The number of aromatic nitrogens is 1. The quantitative estimate of drug-likeness (QED) is 0.613. The summed E-state index contributed by atoms with van der Waals surface area (Å²) in [5.74, 6) is -1.56. The van der Waals surface area contributed by atoms with Crippen molar-refractivity contribution in [3.05, 3.63) is 54.3 Å². The van der Waals surface area contributed by atoms with E-state index < -0.39 is 37.2 Å². The monoisotopic (exact) mass is 421 g/mol. The van der Waals surface area contributed by atoms with E-state index in [9.17, 15) is 27.6 Å². The third-order valence-corrected chi connectivity index (χ3v) is 3.75. The number of alkyl halides is 3. The van der Waals surface area contributed by atoms with Gasteiger partial charge in [0.15, 0.2) is 12.4 Å². The number of carbonyl (C=O) groups excluding carboxylic acids is 3. The van der Waals surface area contributed by atoms with Gasteiger partial charge in [-0.2, -0.15) is 13.2 Å². The van der Waals surface area contributed by atoms with Gasteiger partial charge in [0, 0.05) is 5.39 Å². The van der Waals surface area contributed by atoms with E-state index in [1.54, 1.807) is 41.7 Å². The fraction of sp³-hybridized carbons (Fsp3) is 0.158. The lowest BCUT2D eigenvalue weighted by Crippen LogP contribution is -2.44. The molecule has 0 atom stereocenters. The summed E-state index contributed by atoms with van der Waals surface area (Å²) in [5.41, 5.74) is 0.942. The van der Waals surface area contributed by atoms with E-state index in [-0.39, 0.29) is 5.56 Å². The minimum Gasteiger partial charge on any atom is -0.463 e. The molecule has 0 saturated carbocycles. The largest absolute Gasteiger partial charge is 0.463 e. The topological polar surface area (TPSA) is 111 Å². The van der Waals surface area contributed by atoms with Gasteiger partial charge in [-0.3, -0.25) is 10.1 Å². The van der Waals surface area contributed by atoms with Crippen molar-refractivity contribution in [1.29, 1.82) is 0 Å². The Labute approximate surface area is 167 Å². The number of hydrogen-bond acceptors (Lipinski definition) is 6. The first kappa shape index (κ1) is 20.8. The third-order valence-electron chi connectivity index (χ3n) is 3.75. The Kier molecular flexibility index (Phi) is 6.00. The van der Waals surface area contributed by atoms with Crippen molar-refractivity contribution in [3.63, 3.8) is 0 Å². The Bertz CT molecular complexity index is 1080. The van der Waals surface area contributed by atoms with Crippen LogP contribution in [0.2, 0.25) is 0 Å². The van der Waals surface area contributed by atoms with Gasteiger partial charge in [0.25, 0.3) is 5.91 Å². The van der Waals surface area contributed by atoms with Gasteiger partial charge in [-0.05, 0) is 24.3 Å². The molecule has 2 N–H and O–H groups in total. The maximum absolute atomic E-state index is 12.5. The maximum Gasteiger partial charge on any atom is 0.405 e. The summed E-state index contributed by atoms with van der Waals surface area (Å²) in [6.07, 6.45) is -3.18. The summed E-state index contributed by atoms with van der Waals surface area (Å²) in [6.45, 7) is -2.48. The van der Waals surface area contributed by atoms with Gasteiger partial charge in [-0.1, -0.05) is 18.2 Å². The average molecular weight is 421 g/mol. The summed E-state index contributed by atoms with van der Waals surface area (Å²) >= 11 is 0. The summed E-state index contributed by atoms with van der Waals surface area (Å²) in [7, 11) is 0. The lowest BCUT2D eigenvalue weighted by Gasteiger charge is -2.10. The van der Waals surface area contributed by atoms with Crippen LogP contribution < -0.4 is 10.6 Å². The van der Waals surface area contributed by atoms with Gasteiger partial charge in [0.2, 0.25) is 0 Å². The van der Waals surface area contributed by atoms with Crippen LogP contribution in [0.4, 0.5) is 18.0 Å². The molecular formula is C19H14F3N3O5. The molecule has 0 aliphatic heterocycles. The number of amides is 3. The van der Waals surface area contributed by atoms with Crippen molar-refractivity contribution in [3.8, 4) is 11.5 Å². The first-order chi connectivity index (χ1) is 14.2. The molecule has 0 aliphatic rings. The molecule has 30 heavy (non-hydrogen) atoms. The number of hydrogen-bond donors (Lipinski definition) is 2. The molecule has 0 fully saturated rings. The van der Waals surface area contributed by atoms with E-state index in [0.717, 1.165) is 0 Å². The van der Waals surface area contributed by atoms with Crippen molar-refractivity contribution in [1.82, 2.24) is 15.6 Å². The SMILES string of the molecule is O=C(COC(=O)c1cc(-c2ccco2)nc2ccccc12)NC(=O)NCC(F)(F)F. The molecule has 0 bridgehead atoms. The van der Waals surface area contributed by atoms with Gasteiger partial charge in [0.1, 0.15) is 12.2 Å². The molecule has 2 heterocycles. The molecule has 3 aromatic rings. The predicted octanol–water partition coefficient (Wildman–Crippen LogP) is 3.04. The van der Waals surface area contributed by atoms with Crippen LogP contribution >= 0.6 is 0 Å². The third kappa shape index (κ3) is 5.34. The van der Waals surface area contributed by atoms with E-state index in [1.807, 2.05) is 0 Å². The average Bonchev–Trinajstić information content (AvgIpc) is 3.24. The number of nitrogens with zero attached hydrogens (tertiary/aromatic N) is 1. The van der Waals surface area contributed by atoms with Crippen LogP contribution in [0.1, 0.15) is 10.4 Å². The van der Waals surface area contributed by atoms with E-state index in [1.165, 1.54) is 17.6 Å². The number of nitrogens with one attached hydrogen (secondary N) is 2. The number of rotatable bonds is 5. The van der Waals surface area contributed by atoms with Crippen LogP contribution in [0, 0.1) is 0 Å². The molecule has 0 saturated heterocycles. The highest BCUT2D eigenvalue weighted by Crippen LogP contribution is 2.25. The lowest BCUT2D eigenvalue weighted by molar-refractivity contribution is -0.125. The van der Waals surface area contributed by atoms with Crippen molar-refractivity contribution in [2.45, 2.75) is 6.18 Å². The second-order valence-corrected chi connectivity index (χ2v) is 5.97. The number of halogens is 3. The van der Waals surface area contributed by atoms with Crippen molar-refractivity contribution in [2.75, 3.05) is 13.2 Å². The second-order valence-electron chi connectivity index (χ2n) is 5.97. The van der Waals surface area contributed by atoms with Gasteiger partial charge in [0.05, 0.1) is 17.3 Å². The Morgan fingerprint density at radius 3 is 2.57 bits per heavy atom. The number of benzene rings is 1. The van der Waals surface area contributed by atoms with Gasteiger partial charge in [-0.25, -0.2) is 14.6 Å². The number of para-hydroxylation sites is 1. The Hall–Kier alpha value is -3.89. The number of pyridine rings is 1. The van der Waals surface area contributed by atoms with Gasteiger partial charge in [-0.15, -0.1) is 0 Å². The van der Waals surface area contributed by atoms with E-state index in [0.29, 0.717) is 22.4 Å². The molecule has 156 valence electrons. The van der Waals surface area contributed by atoms with Gasteiger partial charge < -0.3 is 14.5 Å². The fourth-order valence-electron chi connectivity index (χ4n) is 2.49. The zero-order valence-electron chi connectivity index (χ0n) is 15.2. The standard InChI is InChI=1S/C19H14F3N3O5/c20-19(21,22)10-23-18(28)25-16(26)9-30-17(27)12-8-14(15-6-3-7-29-15)24-13-5-2-1-4-11(12)13/h1-8H,9-10H2,(H2,23,25,26,28). The van der Waals surface area contributed by atoms with E-state index in [4.69, 9.17) is 9.15 Å². The zero-order valence-corrected chi connectivity index (χ0v) is 15.2. The number of carbonyl (C=O) groups is 3. The molecule has 0 unspecified atom stereocenters. The summed E-state index contributed by atoms with van der Waals surface area (Å²) < 4.78 is 46.3. The van der Waals surface area contributed by atoms with Crippen LogP contribution in [0.5, 0.6) is 0 Å². The predicted molar refractivity (Wildman–Crippen MR) is 97.3 cm³/mol. The van der Waals surface area contributed by atoms with E-state index in [2.05, 4.69) is 4.98 Å². The Balaban J connectivity index is 1.69. The molecule has 8 nitrogen and oxygen atoms in total. The number of imide groups is 1. The molecule has 0 radical (unpaired) electrons. The van der Waals surface area contributed by atoms with E-state index >= 15 is 0 Å². The molecule has 3 amide bonds. The van der Waals surface area contributed by atoms with Crippen LogP contribution in [-0.4, -0.2) is 42.2 Å². The number of ether oxygens (including phenoxy) is 1. The molecule has 0 aliphatic carbocycles. The smallest absolute Gasteiger partial charge is 0.405 e. The van der Waals surface area contributed by atoms with Crippen molar-refractivity contribution >= 4 is 28.8 Å². The van der Waals surface area contributed by atoms with Crippen LogP contribution in [0.25, 0.3) is 22.4 Å². The molecule has 3 rings (SSSR count). The minimum absolute atomic E-state index is 0.0984. The van der Waals surface area contributed by atoms with Crippen molar-refractivity contribution < 1.29 is 36.7 Å².